The van der Waals surface area contributed by atoms with Gasteiger partial charge in [-0.3, -0.25) is 14.5 Å². The van der Waals surface area contributed by atoms with Gasteiger partial charge in [-0.15, -0.1) is 0 Å². The number of rotatable bonds is 14. The summed E-state index contributed by atoms with van der Waals surface area (Å²) in [6.07, 6.45) is 2.00. The van der Waals surface area contributed by atoms with Crippen molar-refractivity contribution in [1.29, 1.82) is 0 Å². The molecule has 10 nitrogen and oxygen atoms in total. The molecular weight excluding hydrogens is 668 g/mol. The van der Waals surface area contributed by atoms with Gasteiger partial charge in [0.15, 0.2) is 6.61 Å². The summed E-state index contributed by atoms with van der Waals surface area (Å²) in [6.45, 7) is 7.40. The lowest BCUT2D eigenvalue weighted by Crippen LogP contribution is -2.35. The third-order valence-corrected chi connectivity index (χ3v) is 8.66. The Morgan fingerprint density at radius 3 is 2.37 bits per heavy atom. The highest BCUT2D eigenvalue weighted by atomic mass is 35.5. The number of carbonyl (C=O) groups excluding carboxylic acids is 3. The number of halogens is 1. The average Bonchev–Trinajstić information content (AvgIpc) is 3.06. The maximum atomic E-state index is 13.2. The van der Waals surface area contributed by atoms with E-state index < -0.39 is 17.6 Å². The number of anilines is 2. The van der Waals surface area contributed by atoms with Crippen molar-refractivity contribution in [2.75, 3.05) is 42.0 Å². The van der Waals surface area contributed by atoms with Crippen LogP contribution in [0.1, 0.15) is 58.1 Å². The second-order valence-electron chi connectivity index (χ2n) is 12.5. The first-order valence-electron chi connectivity index (χ1n) is 16.3. The normalized spacial score (nSPS) is 13.3. The van der Waals surface area contributed by atoms with Gasteiger partial charge in [0.05, 0.1) is 18.0 Å². The molecule has 2 amide bonds. The van der Waals surface area contributed by atoms with Crippen LogP contribution in [0.25, 0.3) is 0 Å². The molecule has 3 aromatic carbocycles. The van der Waals surface area contributed by atoms with Crippen molar-refractivity contribution in [3.05, 3.63) is 76.8 Å². The number of esters is 1. The number of hydrogen-bond acceptors (Lipinski definition) is 9. The first-order chi connectivity index (χ1) is 23.4. The molecule has 264 valence electrons. The Labute approximate surface area is 297 Å². The van der Waals surface area contributed by atoms with Gasteiger partial charge in [-0.25, -0.2) is 4.79 Å². The summed E-state index contributed by atoms with van der Waals surface area (Å²) in [5.74, 6) is 2.86. The lowest BCUT2D eigenvalue weighted by molar-refractivity contribution is -0.143. The predicted octanol–water partition coefficient (Wildman–Crippen LogP) is 8.08. The van der Waals surface area contributed by atoms with Crippen LogP contribution in [0.5, 0.6) is 17.2 Å². The minimum atomic E-state index is -0.706. The average molecular weight is 713 g/mol. The maximum Gasteiger partial charge on any atom is 0.414 e. The van der Waals surface area contributed by atoms with Crippen LogP contribution >= 0.6 is 23.4 Å². The zero-order valence-corrected chi connectivity index (χ0v) is 30.3. The number of benzene rings is 3. The van der Waals surface area contributed by atoms with Gasteiger partial charge in [-0.2, -0.15) is 11.8 Å². The molecule has 0 aromatic heterocycles. The van der Waals surface area contributed by atoms with Crippen molar-refractivity contribution >= 4 is 52.7 Å². The van der Waals surface area contributed by atoms with E-state index in [0.29, 0.717) is 46.7 Å². The minimum Gasteiger partial charge on any atom is -0.490 e. The lowest BCUT2D eigenvalue weighted by atomic mass is 10.1. The van der Waals surface area contributed by atoms with Crippen LogP contribution in [0.4, 0.5) is 16.2 Å². The number of carbonyl (C=O) groups is 3. The molecule has 3 aromatic rings. The quantitative estimate of drug-likeness (QED) is 0.166. The standard InChI is InChI=1S/C37H45ClN2O8S/c1-6-44-35(42)16-10-26-9-13-29(22-33(26)46-23-25-7-11-27(38)12-8-25)45-24-34(41)39-31-15-14-30(47-28-17-19-49-20-18-28)21-32(31)40(5)36(43)48-37(2,3)4/h7-9,11-15,21-22,28H,6,10,16-20,23-24H2,1-5H3,(H,39,41). The van der Waals surface area contributed by atoms with Crippen molar-refractivity contribution in [3.63, 3.8) is 0 Å². The molecule has 1 fully saturated rings. The van der Waals surface area contributed by atoms with Gasteiger partial charge in [-0.1, -0.05) is 29.8 Å². The highest BCUT2D eigenvalue weighted by Crippen LogP contribution is 2.33. The fourth-order valence-electron chi connectivity index (χ4n) is 4.90. The van der Waals surface area contributed by atoms with Crippen LogP contribution in [0, 0.1) is 0 Å². The van der Waals surface area contributed by atoms with Crippen LogP contribution in [0.15, 0.2) is 60.7 Å². The Morgan fingerprint density at radius 1 is 0.959 bits per heavy atom. The van der Waals surface area contributed by atoms with E-state index in [9.17, 15) is 14.4 Å². The number of hydrogen-bond donors (Lipinski definition) is 1. The molecule has 1 heterocycles. The zero-order chi connectivity index (χ0) is 35.4. The number of thioether (sulfide) groups is 1. The van der Waals surface area contributed by atoms with E-state index in [2.05, 4.69) is 5.32 Å². The fraction of sp³-hybridized carbons (Fsp3) is 0.432. The molecule has 1 aliphatic heterocycles. The van der Waals surface area contributed by atoms with Gasteiger partial charge in [-0.05, 0) is 99.9 Å². The first kappa shape index (κ1) is 37.7. The van der Waals surface area contributed by atoms with Crippen molar-refractivity contribution < 1.29 is 38.1 Å². The Bertz CT molecular complexity index is 1570. The third-order valence-electron chi connectivity index (χ3n) is 7.36. The summed E-state index contributed by atoms with van der Waals surface area (Å²) in [6, 6.07) is 17.8. The molecule has 1 N–H and O–H groups in total. The van der Waals surface area contributed by atoms with Gasteiger partial charge in [0.25, 0.3) is 5.91 Å². The summed E-state index contributed by atoms with van der Waals surface area (Å²) in [4.78, 5) is 39.6. The topological polar surface area (TPSA) is 113 Å². The third kappa shape index (κ3) is 12.4. The highest BCUT2D eigenvalue weighted by molar-refractivity contribution is 7.99. The SMILES string of the molecule is CCOC(=O)CCc1ccc(OCC(=O)Nc2ccc(OC3CCSCC3)cc2N(C)C(=O)OC(C)(C)C)cc1OCc1ccc(Cl)cc1. The molecule has 0 spiro atoms. The summed E-state index contributed by atoms with van der Waals surface area (Å²) in [5.41, 5.74) is 1.82. The second-order valence-corrected chi connectivity index (χ2v) is 14.1. The molecule has 1 saturated heterocycles. The van der Waals surface area contributed by atoms with Gasteiger partial charge in [0.2, 0.25) is 0 Å². The molecular formula is C37H45ClN2O8S. The molecule has 49 heavy (non-hydrogen) atoms. The van der Waals surface area contributed by atoms with Crippen LogP contribution in [0.3, 0.4) is 0 Å². The number of aryl methyl sites for hydroxylation is 1. The first-order valence-corrected chi connectivity index (χ1v) is 17.9. The molecule has 0 atom stereocenters. The summed E-state index contributed by atoms with van der Waals surface area (Å²) < 4.78 is 28.9. The second kappa shape index (κ2) is 18.1. The molecule has 0 bridgehead atoms. The van der Waals surface area contributed by atoms with Crippen LogP contribution in [-0.4, -0.2) is 61.4 Å². The van der Waals surface area contributed by atoms with E-state index in [1.807, 2.05) is 23.9 Å². The van der Waals surface area contributed by atoms with Crippen molar-refractivity contribution in [2.24, 2.45) is 0 Å². The summed E-state index contributed by atoms with van der Waals surface area (Å²) >= 11 is 7.93. The molecule has 0 unspecified atom stereocenters. The highest BCUT2D eigenvalue weighted by Gasteiger charge is 2.24. The van der Waals surface area contributed by atoms with Crippen LogP contribution in [-0.2, 0) is 32.1 Å². The van der Waals surface area contributed by atoms with Crippen molar-refractivity contribution in [3.8, 4) is 17.2 Å². The Hall–Kier alpha value is -4.09. The summed E-state index contributed by atoms with van der Waals surface area (Å²) in [5, 5.41) is 3.49. The van der Waals surface area contributed by atoms with Crippen LogP contribution < -0.4 is 24.4 Å². The summed E-state index contributed by atoms with van der Waals surface area (Å²) in [7, 11) is 1.59. The molecule has 0 radical (unpaired) electrons. The maximum absolute atomic E-state index is 13.2. The molecule has 4 rings (SSSR count). The fourth-order valence-corrected chi connectivity index (χ4v) is 6.08. The van der Waals surface area contributed by atoms with E-state index in [1.54, 1.807) is 83.3 Å². The Balaban J connectivity index is 1.47. The molecule has 12 heteroatoms. The van der Waals surface area contributed by atoms with E-state index in [-0.39, 0.29) is 31.7 Å². The van der Waals surface area contributed by atoms with E-state index in [4.69, 9.17) is 35.3 Å². The van der Waals surface area contributed by atoms with E-state index in [1.165, 1.54) is 4.90 Å². The number of amides is 2. The monoisotopic (exact) mass is 712 g/mol. The predicted molar refractivity (Wildman–Crippen MR) is 193 cm³/mol. The van der Waals surface area contributed by atoms with E-state index >= 15 is 0 Å². The minimum absolute atomic E-state index is 0.0892. The number of nitrogens with zero attached hydrogens (tertiary/aromatic N) is 1. The van der Waals surface area contributed by atoms with Crippen molar-refractivity contribution in [2.45, 2.75) is 71.7 Å². The number of ether oxygens (including phenoxy) is 5. The van der Waals surface area contributed by atoms with Gasteiger partial charge >= 0.3 is 12.1 Å². The van der Waals surface area contributed by atoms with Crippen molar-refractivity contribution in [1.82, 2.24) is 0 Å². The van der Waals surface area contributed by atoms with Gasteiger partial charge < -0.3 is 29.0 Å². The van der Waals surface area contributed by atoms with Gasteiger partial charge in [0, 0.05) is 30.6 Å². The molecule has 1 aliphatic rings. The Kier molecular flexibility index (Phi) is 13.9. The van der Waals surface area contributed by atoms with E-state index in [0.717, 1.165) is 35.5 Å². The number of nitrogens with one attached hydrogen (secondary N) is 1. The molecule has 0 saturated carbocycles. The Morgan fingerprint density at radius 2 is 1.67 bits per heavy atom. The van der Waals surface area contributed by atoms with Crippen LogP contribution in [0.2, 0.25) is 5.02 Å². The molecule has 0 aliphatic carbocycles. The lowest BCUT2D eigenvalue weighted by Gasteiger charge is -2.27. The zero-order valence-electron chi connectivity index (χ0n) is 28.7. The van der Waals surface area contributed by atoms with Gasteiger partial charge in [0.1, 0.15) is 35.6 Å². The smallest absolute Gasteiger partial charge is 0.414 e. The largest absolute Gasteiger partial charge is 0.490 e.